The number of carbonyl (C=O) groups excluding carboxylic acids is 1. The van der Waals surface area contributed by atoms with Crippen LogP contribution in [0.4, 0.5) is 0 Å². The summed E-state index contributed by atoms with van der Waals surface area (Å²) in [6, 6.07) is 10.3. The molecule has 1 aliphatic heterocycles. The molecule has 1 heterocycles. The Hall–Kier alpha value is -1.82. The Bertz CT molecular complexity index is 720. The van der Waals surface area contributed by atoms with E-state index >= 15 is 0 Å². The van der Waals surface area contributed by atoms with Crippen LogP contribution < -0.4 is 0 Å². The van der Waals surface area contributed by atoms with Crippen molar-refractivity contribution in [2.24, 2.45) is 16.7 Å². The number of hydrogen-bond acceptors (Lipinski definition) is 2. The van der Waals surface area contributed by atoms with Gasteiger partial charge in [-0.1, -0.05) is 32.0 Å². The van der Waals surface area contributed by atoms with Gasteiger partial charge in [0.05, 0.1) is 6.07 Å². The van der Waals surface area contributed by atoms with Crippen molar-refractivity contribution >= 4 is 5.91 Å². The second-order valence-corrected chi connectivity index (χ2v) is 7.87. The van der Waals surface area contributed by atoms with Gasteiger partial charge in [-0.15, -0.1) is 0 Å². The van der Waals surface area contributed by atoms with E-state index in [0.717, 1.165) is 30.5 Å². The molecule has 3 fully saturated rings. The molecule has 3 nitrogen and oxygen atoms in total. The maximum atomic E-state index is 13.2. The van der Waals surface area contributed by atoms with Gasteiger partial charge in [0.15, 0.2) is 0 Å². The quantitative estimate of drug-likeness (QED) is 0.795. The predicted octanol–water partition coefficient (Wildman–Crippen LogP) is 3.54. The standard InChI is InChI=1S/C19H22N2O/c1-13-6-4-5-7-15(13)16(22)21-12-17(2)14-8-9-18(17,3)19(21,10-14)11-20/h4-7,14H,8-10,12H2,1-3H3. The molecule has 114 valence electrons. The van der Waals surface area contributed by atoms with Crippen molar-refractivity contribution in [1.82, 2.24) is 4.90 Å². The molecule has 4 rings (SSSR count). The Morgan fingerprint density at radius 3 is 2.73 bits per heavy atom. The first-order valence-electron chi connectivity index (χ1n) is 8.18. The second kappa shape index (κ2) is 3.93. The SMILES string of the molecule is Cc1ccccc1C(=O)N1CC2(C)C3CCC2(C)C1(C#N)C3. The molecule has 1 aromatic rings. The molecule has 22 heavy (non-hydrogen) atoms. The number of nitriles is 1. The van der Waals surface area contributed by atoms with Crippen LogP contribution in [0.5, 0.6) is 0 Å². The van der Waals surface area contributed by atoms with Crippen molar-refractivity contribution in [3.8, 4) is 6.07 Å². The van der Waals surface area contributed by atoms with Crippen LogP contribution in [-0.2, 0) is 0 Å². The van der Waals surface area contributed by atoms with Gasteiger partial charge in [-0.2, -0.15) is 5.26 Å². The summed E-state index contributed by atoms with van der Waals surface area (Å²) < 4.78 is 0. The van der Waals surface area contributed by atoms with Crippen LogP contribution in [0.15, 0.2) is 24.3 Å². The molecule has 2 aliphatic carbocycles. The number of hydrogen-bond donors (Lipinski definition) is 0. The molecule has 1 saturated heterocycles. The van der Waals surface area contributed by atoms with Gasteiger partial charge in [-0.25, -0.2) is 0 Å². The normalized spacial score (nSPS) is 41.7. The first-order chi connectivity index (χ1) is 10.4. The monoisotopic (exact) mass is 294 g/mol. The third-order valence-corrected chi connectivity index (χ3v) is 7.36. The molecule has 4 unspecified atom stereocenters. The lowest BCUT2D eigenvalue weighted by Gasteiger charge is -2.43. The Kier molecular flexibility index (Phi) is 2.47. The lowest BCUT2D eigenvalue weighted by Crippen LogP contribution is -2.54. The highest BCUT2D eigenvalue weighted by Crippen LogP contribution is 2.75. The van der Waals surface area contributed by atoms with E-state index in [9.17, 15) is 10.1 Å². The lowest BCUT2D eigenvalue weighted by atomic mass is 9.66. The Balaban J connectivity index is 1.82. The fourth-order valence-electron chi connectivity index (χ4n) is 5.71. The molecule has 2 saturated carbocycles. The van der Waals surface area contributed by atoms with Crippen molar-refractivity contribution in [2.75, 3.05) is 6.54 Å². The summed E-state index contributed by atoms with van der Waals surface area (Å²) in [7, 11) is 0. The average Bonchev–Trinajstić information content (AvgIpc) is 2.96. The maximum absolute atomic E-state index is 13.2. The number of aryl methyl sites for hydroxylation is 1. The number of nitrogens with zero attached hydrogens (tertiary/aromatic N) is 2. The van der Waals surface area contributed by atoms with Crippen LogP contribution in [0.3, 0.4) is 0 Å². The molecule has 1 aromatic carbocycles. The molecule has 4 atom stereocenters. The molecule has 4 bridgehead atoms. The minimum Gasteiger partial charge on any atom is -0.319 e. The molecule has 3 heteroatoms. The largest absolute Gasteiger partial charge is 0.319 e. The van der Waals surface area contributed by atoms with Crippen LogP contribution in [-0.4, -0.2) is 22.9 Å². The fraction of sp³-hybridized carbons (Fsp3) is 0.579. The van der Waals surface area contributed by atoms with Crippen LogP contribution in [0.2, 0.25) is 0 Å². The Morgan fingerprint density at radius 1 is 1.36 bits per heavy atom. The van der Waals surface area contributed by atoms with Crippen molar-refractivity contribution in [3.05, 3.63) is 35.4 Å². The van der Waals surface area contributed by atoms with E-state index in [1.54, 1.807) is 0 Å². The number of amides is 1. The fourth-order valence-corrected chi connectivity index (χ4v) is 5.71. The summed E-state index contributed by atoms with van der Waals surface area (Å²) in [6.45, 7) is 7.24. The molecule has 0 spiro atoms. The smallest absolute Gasteiger partial charge is 0.255 e. The van der Waals surface area contributed by atoms with E-state index in [2.05, 4.69) is 19.9 Å². The first-order valence-corrected chi connectivity index (χ1v) is 8.18. The zero-order valence-corrected chi connectivity index (χ0v) is 13.5. The summed E-state index contributed by atoms with van der Waals surface area (Å²) in [6.07, 6.45) is 3.14. The van der Waals surface area contributed by atoms with Crippen LogP contribution in [0, 0.1) is 35.0 Å². The van der Waals surface area contributed by atoms with Crippen molar-refractivity contribution in [2.45, 2.75) is 45.6 Å². The Labute approximate surface area is 131 Å². The number of carbonyl (C=O) groups is 1. The zero-order chi connectivity index (χ0) is 15.8. The van der Waals surface area contributed by atoms with Crippen molar-refractivity contribution in [1.29, 1.82) is 5.26 Å². The average molecular weight is 294 g/mol. The number of benzene rings is 1. The molecule has 0 N–H and O–H groups in total. The van der Waals surface area contributed by atoms with Gasteiger partial charge in [0.2, 0.25) is 0 Å². The Morgan fingerprint density at radius 2 is 2.09 bits per heavy atom. The van der Waals surface area contributed by atoms with Gasteiger partial charge in [-0.3, -0.25) is 4.79 Å². The molecular formula is C19H22N2O. The first kappa shape index (κ1) is 13.8. The lowest BCUT2D eigenvalue weighted by molar-refractivity contribution is 0.0429. The van der Waals surface area contributed by atoms with Gasteiger partial charge in [0.25, 0.3) is 5.91 Å². The molecule has 1 amide bonds. The maximum Gasteiger partial charge on any atom is 0.255 e. The third-order valence-electron chi connectivity index (χ3n) is 7.36. The highest BCUT2D eigenvalue weighted by atomic mass is 16.2. The number of likely N-dealkylation sites (tertiary alicyclic amines) is 1. The summed E-state index contributed by atoms with van der Waals surface area (Å²) in [4.78, 5) is 15.1. The van der Waals surface area contributed by atoms with E-state index < -0.39 is 5.54 Å². The van der Waals surface area contributed by atoms with Crippen LogP contribution in [0.1, 0.15) is 49.0 Å². The zero-order valence-electron chi connectivity index (χ0n) is 13.5. The predicted molar refractivity (Wildman–Crippen MR) is 84.1 cm³/mol. The van der Waals surface area contributed by atoms with Crippen molar-refractivity contribution < 1.29 is 4.79 Å². The minimum atomic E-state index is -0.607. The van der Waals surface area contributed by atoms with E-state index in [4.69, 9.17) is 0 Å². The second-order valence-electron chi connectivity index (χ2n) is 7.87. The molecule has 3 aliphatic rings. The summed E-state index contributed by atoms with van der Waals surface area (Å²) >= 11 is 0. The van der Waals surface area contributed by atoms with Crippen molar-refractivity contribution in [3.63, 3.8) is 0 Å². The van der Waals surface area contributed by atoms with E-state index in [1.165, 1.54) is 6.42 Å². The van der Waals surface area contributed by atoms with E-state index in [1.807, 2.05) is 36.1 Å². The highest BCUT2D eigenvalue weighted by Gasteiger charge is 2.78. The highest BCUT2D eigenvalue weighted by molar-refractivity contribution is 5.97. The van der Waals surface area contributed by atoms with Gasteiger partial charge in [0, 0.05) is 17.5 Å². The van der Waals surface area contributed by atoms with Gasteiger partial charge in [-0.05, 0) is 49.1 Å². The van der Waals surface area contributed by atoms with Gasteiger partial charge in [0.1, 0.15) is 5.54 Å². The summed E-state index contributed by atoms with van der Waals surface area (Å²) in [5.74, 6) is 0.632. The molecule has 0 radical (unpaired) electrons. The van der Waals surface area contributed by atoms with Gasteiger partial charge < -0.3 is 4.90 Å². The topological polar surface area (TPSA) is 44.1 Å². The summed E-state index contributed by atoms with van der Waals surface area (Å²) in [5, 5.41) is 10.0. The number of rotatable bonds is 1. The summed E-state index contributed by atoms with van der Waals surface area (Å²) in [5.41, 5.74) is 1.17. The van der Waals surface area contributed by atoms with E-state index in [0.29, 0.717) is 5.92 Å². The molecule has 0 aromatic heterocycles. The number of piperidine rings is 1. The third kappa shape index (κ3) is 1.23. The van der Waals surface area contributed by atoms with Crippen LogP contribution >= 0.6 is 0 Å². The van der Waals surface area contributed by atoms with E-state index in [-0.39, 0.29) is 16.7 Å². The molecular weight excluding hydrogens is 272 g/mol. The van der Waals surface area contributed by atoms with Crippen LogP contribution in [0.25, 0.3) is 0 Å². The van der Waals surface area contributed by atoms with Gasteiger partial charge >= 0.3 is 0 Å². The minimum absolute atomic E-state index is 0.0370.